The van der Waals surface area contributed by atoms with Gasteiger partial charge in [0.25, 0.3) is 0 Å². The van der Waals surface area contributed by atoms with Crippen LogP contribution in [0.15, 0.2) is 60.7 Å². The second-order valence-electron chi connectivity index (χ2n) is 5.83. The van der Waals surface area contributed by atoms with Crippen molar-refractivity contribution in [2.45, 2.75) is 12.4 Å². The monoisotopic (exact) mass is 392 g/mol. The maximum absolute atomic E-state index is 13.5. The Morgan fingerprint density at radius 2 is 1.36 bits per heavy atom. The average molecular weight is 392 g/mol. The lowest BCUT2D eigenvalue weighted by atomic mass is 9.98. The molecule has 3 rings (SSSR count). The molecule has 0 radical (unpaired) electrons. The fourth-order valence-corrected chi connectivity index (χ4v) is 2.66. The fraction of sp³-hybridized carbons (Fsp3) is 0.100. The summed E-state index contributed by atoms with van der Waals surface area (Å²) in [5.74, 6) is 0. The molecule has 0 bridgehead atoms. The predicted molar refractivity (Wildman–Crippen MR) is 89.8 cm³/mol. The van der Waals surface area contributed by atoms with Crippen molar-refractivity contribution in [3.63, 3.8) is 0 Å². The van der Waals surface area contributed by atoms with Crippen molar-refractivity contribution in [2.75, 3.05) is 0 Å². The summed E-state index contributed by atoms with van der Waals surface area (Å²) in [6, 6.07) is 13.7. The standard InChI is InChI=1S/C20H10F6N2/c21-19(22,23)14-8-6-13(7-9-14)18-15(11-27)16(20(24,25)26)10-17(28-18)12-4-2-1-3-5-12/h1-10H. The van der Waals surface area contributed by atoms with Gasteiger partial charge in [-0.25, -0.2) is 4.98 Å². The van der Waals surface area contributed by atoms with Gasteiger partial charge in [0, 0.05) is 11.1 Å². The highest BCUT2D eigenvalue weighted by Gasteiger charge is 2.36. The van der Waals surface area contributed by atoms with E-state index in [2.05, 4.69) is 4.98 Å². The van der Waals surface area contributed by atoms with Crippen LogP contribution >= 0.6 is 0 Å². The number of rotatable bonds is 2. The highest BCUT2D eigenvalue weighted by molar-refractivity contribution is 5.74. The van der Waals surface area contributed by atoms with Gasteiger partial charge in [-0.3, -0.25) is 0 Å². The second kappa shape index (κ2) is 7.00. The first-order chi connectivity index (χ1) is 13.1. The highest BCUT2D eigenvalue weighted by atomic mass is 19.4. The van der Waals surface area contributed by atoms with E-state index in [0.717, 1.165) is 30.3 Å². The van der Waals surface area contributed by atoms with Crippen LogP contribution in [0.1, 0.15) is 16.7 Å². The van der Waals surface area contributed by atoms with Crippen LogP contribution in [-0.4, -0.2) is 4.98 Å². The maximum atomic E-state index is 13.5. The smallest absolute Gasteiger partial charge is 0.246 e. The van der Waals surface area contributed by atoms with Gasteiger partial charge in [-0.05, 0) is 18.2 Å². The molecule has 0 saturated heterocycles. The van der Waals surface area contributed by atoms with Crippen molar-refractivity contribution in [1.29, 1.82) is 5.26 Å². The summed E-state index contributed by atoms with van der Waals surface area (Å²) in [6.45, 7) is 0. The van der Waals surface area contributed by atoms with Crippen LogP contribution in [0.4, 0.5) is 26.3 Å². The largest absolute Gasteiger partial charge is 0.417 e. The van der Waals surface area contributed by atoms with Crippen LogP contribution in [0.3, 0.4) is 0 Å². The van der Waals surface area contributed by atoms with Crippen molar-refractivity contribution in [1.82, 2.24) is 4.98 Å². The summed E-state index contributed by atoms with van der Waals surface area (Å²) < 4.78 is 78.8. The van der Waals surface area contributed by atoms with E-state index in [4.69, 9.17) is 0 Å². The molecule has 142 valence electrons. The van der Waals surface area contributed by atoms with E-state index in [9.17, 15) is 31.6 Å². The molecule has 8 heteroatoms. The Labute approximate surface area is 155 Å². The van der Waals surface area contributed by atoms with Gasteiger partial charge in [-0.2, -0.15) is 31.6 Å². The molecule has 0 unspecified atom stereocenters. The lowest BCUT2D eigenvalue weighted by Crippen LogP contribution is -2.11. The number of alkyl halides is 6. The third-order valence-corrected chi connectivity index (χ3v) is 3.99. The number of nitriles is 1. The van der Waals surface area contributed by atoms with Gasteiger partial charge < -0.3 is 0 Å². The topological polar surface area (TPSA) is 36.7 Å². The first-order valence-corrected chi connectivity index (χ1v) is 7.86. The summed E-state index contributed by atoms with van der Waals surface area (Å²) >= 11 is 0. The molecule has 3 aromatic rings. The molecule has 1 heterocycles. The number of benzene rings is 2. The molecule has 0 spiro atoms. The van der Waals surface area contributed by atoms with Gasteiger partial charge in [-0.15, -0.1) is 0 Å². The van der Waals surface area contributed by atoms with Gasteiger partial charge in [0.05, 0.1) is 28.1 Å². The Morgan fingerprint density at radius 3 is 1.86 bits per heavy atom. The molecule has 0 amide bonds. The van der Waals surface area contributed by atoms with Gasteiger partial charge in [-0.1, -0.05) is 42.5 Å². The molecular weight excluding hydrogens is 382 g/mol. The van der Waals surface area contributed by atoms with Crippen molar-refractivity contribution < 1.29 is 26.3 Å². The van der Waals surface area contributed by atoms with Crippen LogP contribution < -0.4 is 0 Å². The van der Waals surface area contributed by atoms with Crippen LogP contribution in [0.25, 0.3) is 22.5 Å². The van der Waals surface area contributed by atoms with Crippen molar-refractivity contribution in [3.05, 3.63) is 77.4 Å². The van der Waals surface area contributed by atoms with E-state index in [0.29, 0.717) is 5.56 Å². The molecule has 1 aromatic heterocycles. The zero-order valence-corrected chi connectivity index (χ0v) is 13.9. The molecule has 0 aliphatic rings. The van der Waals surface area contributed by atoms with E-state index in [-0.39, 0.29) is 17.0 Å². The Bertz CT molecular complexity index is 1030. The van der Waals surface area contributed by atoms with E-state index < -0.39 is 29.0 Å². The third kappa shape index (κ3) is 3.83. The van der Waals surface area contributed by atoms with Gasteiger partial charge in [0.2, 0.25) is 0 Å². The van der Waals surface area contributed by atoms with E-state index in [1.54, 1.807) is 30.3 Å². The molecule has 2 aromatic carbocycles. The minimum absolute atomic E-state index is 0.0205. The first-order valence-electron chi connectivity index (χ1n) is 7.86. The van der Waals surface area contributed by atoms with Gasteiger partial charge in [0.1, 0.15) is 6.07 Å². The van der Waals surface area contributed by atoms with Crippen LogP contribution in [0.5, 0.6) is 0 Å². The normalized spacial score (nSPS) is 11.9. The minimum Gasteiger partial charge on any atom is -0.246 e. The Balaban J connectivity index is 2.26. The van der Waals surface area contributed by atoms with E-state index in [1.165, 1.54) is 6.07 Å². The molecular formula is C20H10F6N2. The Kier molecular flexibility index (Phi) is 4.86. The lowest BCUT2D eigenvalue weighted by molar-refractivity contribution is -0.138. The summed E-state index contributed by atoms with van der Waals surface area (Å²) in [7, 11) is 0. The number of hydrogen-bond donors (Lipinski definition) is 0. The van der Waals surface area contributed by atoms with Crippen LogP contribution in [-0.2, 0) is 12.4 Å². The van der Waals surface area contributed by atoms with Gasteiger partial charge in [0.15, 0.2) is 0 Å². The molecule has 0 aliphatic heterocycles. The van der Waals surface area contributed by atoms with E-state index in [1.807, 2.05) is 0 Å². The first kappa shape index (κ1) is 19.4. The maximum Gasteiger partial charge on any atom is 0.417 e. The number of pyridine rings is 1. The summed E-state index contributed by atoms with van der Waals surface area (Å²) in [5.41, 5.74) is -2.90. The molecule has 0 atom stereocenters. The number of hydrogen-bond acceptors (Lipinski definition) is 2. The Hall–Kier alpha value is -3.34. The summed E-state index contributed by atoms with van der Waals surface area (Å²) in [4.78, 5) is 4.15. The number of nitrogens with zero attached hydrogens (tertiary/aromatic N) is 2. The molecule has 0 N–H and O–H groups in total. The molecule has 28 heavy (non-hydrogen) atoms. The second-order valence-corrected chi connectivity index (χ2v) is 5.83. The SMILES string of the molecule is N#Cc1c(C(F)(F)F)cc(-c2ccccc2)nc1-c1ccc(C(F)(F)F)cc1. The average Bonchev–Trinajstić information content (AvgIpc) is 2.66. The quantitative estimate of drug-likeness (QED) is 0.478. The van der Waals surface area contributed by atoms with Crippen LogP contribution in [0.2, 0.25) is 0 Å². The fourth-order valence-electron chi connectivity index (χ4n) is 2.66. The Morgan fingerprint density at radius 1 is 0.750 bits per heavy atom. The van der Waals surface area contributed by atoms with Crippen molar-refractivity contribution in [2.24, 2.45) is 0 Å². The molecule has 0 fully saturated rings. The van der Waals surface area contributed by atoms with Crippen LogP contribution in [0, 0.1) is 11.3 Å². The van der Waals surface area contributed by atoms with Crippen molar-refractivity contribution >= 4 is 0 Å². The predicted octanol–water partition coefficient (Wildman–Crippen LogP) is 6.32. The number of halogens is 6. The summed E-state index contributed by atoms with van der Waals surface area (Å²) in [5, 5.41) is 9.30. The molecule has 2 nitrogen and oxygen atoms in total. The lowest BCUT2D eigenvalue weighted by Gasteiger charge is -2.15. The number of aromatic nitrogens is 1. The zero-order valence-electron chi connectivity index (χ0n) is 13.9. The zero-order chi connectivity index (χ0) is 20.5. The molecule has 0 aliphatic carbocycles. The minimum atomic E-state index is -4.84. The van der Waals surface area contributed by atoms with E-state index >= 15 is 0 Å². The molecule has 0 saturated carbocycles. The summed E-state index contributed by atoms with van der Waals surface area (Å²) in [6.07, 6.45) is -9.43. The van der Waals surface area contributed by atoms with Crippen molar-refractivity contribution in [3.8, 4) is 28.6 Å². The third-order valence-electron chi connectivity index (χ3n) is 3.99. The van der Waals surface area contributed by atoms with Gasteiger partial charge >= 0.3 is 12.4 Å². The highest BCUT2D eigenvalue weighted by Crippen LogP contribution is 2.39.